The summed E-state index contributed by atoms with van der Waals surface area (Å²) in [4.78, 5) is 9.81. The van der Waals surface area contributed by atoms with Crippen molar-refractivity contribution >= 4 is 5.82 Å². The van der Waals surface area contributed by atoms with E-state index >= 15 is 0 Å². The molecule has 2 saturated heterocycles. The molecule has 0 aromatic carbocycles. The molecule has 2 N–H and O–H groups in total. The van der Waals surface area contributed by atoms with Crippen LogP contribution in [0, 0.1) is 6.92 Å². The number of piperidine rings is 1. The van der Waals surface area contributed by atoms with E-state index in [1.807, 2.05) is 0 Å². The van der Waals surface area contributed by atoms with Crippen molar-refractivity contribution in [1.82, 2.24) is 9.88 Å². The number of rotatable bonds is 3. The van der Waals surface area contributed by atoms with E-state index in [2.05, 4.69) is 28.9 Å². The fraction of sp³-hybridized carbons (Fsp3) is 0.688. The third-order valence-electron chi connectivity index (χ3n) is 4.63. The molecule has 4 heteroatoms. The number of likely N-dealkylation sites (tertiary alicyclic amines) is 1. The average Bonchev–Trinajstić information content (AvgIpc) is 2.97. The Morgan fingerprint density at radius 1 is 1.20 bits per heavy atom. The summed E-state index contributed by atoms with van der Waals surface area (Å²) in [7, 11) is 0. The molecule has 1 aromatic heterocycles. The minimum absolute atomic E-state index is 0.597. The lowest BCUT2D eigenvalue weighted by molar-refractivity contribution is 0.175. The van der Waals surface area contributed by atoms with Gasteiger partial charge in [-0.15, -0.1) is 0 Å². The number of aromatic nitrogens is 1. The van der Waals surface area contributed by atoms with Crippen LogP contribution >= 0.6 is 0 Å². The monoisotopic (exact) mass is 274 g/mol. The van der Waals surface area contributed by atoms with Crippen molar-refractivity contribution < 1.29 is 0 Å². The van der Waals surface area contributed by atoms with Gasteiger partial charge in [-0.05, 0) is 57.0 Å². The predicted octanol–water partition coefficient (Wildman–Crippen LogP) is 1.91. The van der Waals surface area contributed by atoms with Crippen LogP contribution in [0.5, 0.6) is 0 Å². The van der Waals surface area contributed by atoms with E-state index < -0.39 is 0 Å². The van der Waals surface area contributed by atoms with Crippen LogP contribution in [0.2, 0.25) is 0 Å². The summed E-state index contributed by atoms with van der Waals surface area (Å²) in [5, 5.41) is 0. The van der Waals surface area contributed by atoms with Gasteiger partial charge in [-0.25, -0.2) is 4.98 Å². The van der Waals surface area contributed by atoms with E-state index in [1.54, 1.807) is 0 Å². The van der Waals surface area contributed by atoms with E-state index in [0.29, 0.717) is 6.54 Å². The molecular weight excluding hydrogens is 248 g/mol. The van der Waals surface area contributed by atoms with Crippen LogP contribution in [-0.4, -0.2) is 42.1 Å². The summed E-state index contributed by atoms with van der Waals surface area (Å²) in [6, 6.07) is 4.96. The molecule has 0 spiro atoms. The molecule has 2 fully saturated rings. The van der Waals surface area contributed by atoms with Crippen LogP contribution in [0.4, 0.5) is 5.82 Å². The molecule has 110 valence electrons. The Bertz CT molecular complexity index is 454. The molecule has 0 amide bonds. The third kappa shape index (κ3) is 2.96. The Morgan fingerprint density at radius 3 is 2.75 bits per heavy atom. The van der Waals surface area contributed by atoms with Gasteiger partial charge in [0.1, 0.15) is 5.82 Å². The van der Waals surface area contributed by atoms with Gasteiger partial charge in [0, 0.05) is 31.4 Å². The number of hydrogen-bond donors (Lipinski definition) is 1. The molecule has 20 heavy (non-hydrogen) atoms. The Morgan fingerprint density at radius 2 is 2.00 bits per heavy atom. The Kier molecular flexibility index (Phi) is 4.22. The minimum atomic E-state index is 0.597. The average molecular weight is 274 g/mol. The fourth-order valence-electron chi connectivity index (χ4n) is 3.53. The summed E-state index contributed by atoms with van der Waals surface area (Å²) in [5.41, 5.74) is 8.04. The molecule has 4 nitrogen and oxygen atoms in total. The number of nitrogens with two attached hydrogens (primary N) is 1. The van der Waals surface area contributed by atoms with Crippen LogP contribution in [0.25, 0.3) is 0 Å². The summed E-state index contributed by atoms with van der Waals surface area (Å²) >= 11 is 0. The second kappa shape index (κ2) is 6.10. The molecule has 3 rings (SSSR count). The lowest BCUT2D eigenvalue weighted by Crippen LogP contribution is -2.41. The van der Waals surface area contributed by atoms with Crippen molar-refractivity contribution in [3.8, 4) is 0 Å². The zero-order chi connectivity index (χ0) is 13.9. The van der Waals surface area contributed by atoms with Crippen molar-refractivity contribution in [2.75, 3.05) is 31.1 Å². The molecule has 0 radical (unpaired) electrons. The summed E-state index contributed by atoms with van der Waals surface area (Å²) < 4.78 is 0. The highest BCUT2D eigenvalue weighted by Gasteiger charge is 2.29. The van der Waals surface area contributed by atoms with Crippen LogP contribution in [-0.2, 0) is 6.54 Å². The zero-order valence-electron chi connectivity index (χ0n) is 12.5. The van der Waals surface area contributed by atoms with Crippen LogP contribution in [0.3, 0.4) is 0 Å². The first-order valence-corrected chi connectivity index (χ1v) is 7.93. The summed E-state index contributed by atoms with van der Waals surface area (Å²) in [5.74, 6) is 1.12. The van der Waals surface area contributed by atoms with E-state index in [0.717, 1.165) is 30.6 Å². The van der Waals surface area contributed by atoms with Gasteiger partial charge in [0.25, 0.3) is 0 Å². The van der Waals surface area contributed by atoms with Crippen LogP contribution in [0.15, 0.2) is 12.1 Å². The highest BCUT2D eigenvalue weighted by Crippen LogP contribution is 2.24. The van der Waals surface area contributed by atoms with Crippen molar-refractivity contribution in [3.05, 3.63) is 23.4 Å². The number of hydrogen-bond acceptors (Lipinski definition) is 4. The summed E-state index contributed by atoms with van der Waals surface area (Å²) in [6.07, 6.45) is 5.42. The Hall–Kier alpha value is -1.13. The molecular formula is C16H26N4. The van der Waals surface area contributed by atoms with E-state index in [4.69, 9.17) is 10.7 Å². The second-order valence-electron chi connectivity index (χ2n) is 6.16. The Balaban J connectivity index is 1.68. The van der Waals surface area contributed by atoms with Crippen molar-refractivity contribution in [3.63, 3.8) is 0 Å². The van der Waals surface area contributed by atoms with E-state index in [-0.39, 0.29) is 0 Å². The number of nitrogens with zero attached hydrogens (tertiary/aromatic N) is 3. The van der Waals surface area contributed by atoms with E-state index in [9.17, 15) is 0 Å². The first-order chi connectivity index (χ1) is 9.76. The van der Waals surface area contributed by atoms with Gasteiger partial charge in [-0.2, -0.15) is 0 Å². The molecule has 0 saturated carbocycles. The highest BCUT2D eigenvalue weighted by atomic mass is 15.3. The molecule has 1 aromatic rings. The Labute approximate surface area is 122 Å². The third-order valence-corrected chi connectivity index (χ3v) is 4.63. The maximum atomic E-state index is 5.78. The van der Waals surface area contributed by atoms with Gasteiger partial charge in [-0.1, -0.05) is 6.42 Å². The van der Waals surface area contributed by atoms with Gasteiger partial charge in [-0.3, -0.25) is 4.90 Å². The number of anilines is 1. The highest BCUT2D eigenvalue weighted by molar-refractivity contribution is 5.44. The standard InChI is InChI=1S/C16H26N4/c1-13-9-14(11-17)10-16(18-13)20-8-5-15(12-20)19-6-3-2-4-7-19/h9-10,15H,2-8,11-12,17H2,1H3. The first kappa shape index (κ1) is 13.8. The molecule has 1 unspecified atom stereocenters. The quantitative estimate of drug-likeness (QED) is 0.914. The summed E-state index contributed by atoms with van der Waals surface area (Å²) in [6.45, 7) is 7.48. The maximum absolute atomic E-state index is 5.78. The lowest BCUT2D eigenvalue weighted by Gasteiger charge is -2.32. The lowest BCUT2D eigenvalue weighted by atomic mass is 10.1. The fourth-order valence-corrected chi connectivity index (χ4v) is 3.53. The molecule has 0 bridgehead atoms. The normalized spacial score (nSPS) is 24.3. The van der Waals surface area contributed by atoms with Crippen molar-refractivity contribution in [1.29, 1.82) is 0 Å². The van der Waals surface area contributed by atoms with Gasteiger partial charge in [0.2, 0.25) is 0 Å². The topological polar surface area (TPSA) is 45.4 Å². The second-order valence-corrected chi connectivity index (χ2v) is 6.16. The van der Waals surface area contributed by atoms with E-state index in [1.165, 1.54) is 44.3 Å². The largest absolute Gasteiger partial charge is 0.355 e. The van der Waals surface area contributed by atoms with Crippen molar-refractivity contribution in [2.45, 2.75) is 45.2 Å². The van der Waals surface area contributed by atoms with Crippen LogP contribution < -0.4 is 10.6 Å². The van der Waals surface area contributed by atoms with Gasteiger partial charge >= 0.3 is 0 Å². The minimum Gasteiger partial charge on any atom is -0.355 e. The molecule has 1 atom stereocenters. The zero-order valence-corrected chi connectivity index (χ0v) is 12.5. The molecule has 3 heterocycles. The number of aryl methyl sites for hydroxylation is 1. The molecule has 2 aliphatic heterocycles. The van der Waals surface area contributed by atoms with Crippen LogP contribution in [0.1, 0.15) is 36.9 Å². The van der Waals surface area contributed by atoms with Gasteiger partial charge < -0.3 is 10.6 Å². The molecule has 0 aliphatic carbocycles. The van der Waals surface area contributed by atoms with Crippen molar-refractivity contribution in [2.24, 2.45) is 5.73 Å². The maximum Gasteiger partial charge on any atom is 0.129 e. The molecule has 2 aliphatic rings. The predicted molar refractivity (Wildman–Crippen MR) is 82.9 cm³/mol. The van der Waals surface area contributed by atoms with Gasteiger partial charge in [0.15, 0.2) is 0 Å². The smallest absolute Gasteiger partial charge is 0.129 e. The van der Waals surface area contributed by atoms with Gasteiger partial charge in [0.05, 0.1) is 0 Å². The number of pyridine rings is 1. The SMILES string of the molecule is Cc1cc(CN)cc(N2CCC(N3CCCCC3)C2)n1. The first-order valence-electron chi connectivity index (χ1n) is 7.93.